The molecule has 3 aromatic rings. The van der Waals surface area contributed by atoms with Crippen molar-refractivity contribution in [3.8, 4) is 23.0 Å². The van der Waals surface area contributed by atoms with Crippen molar-refractivity contribution in [1.29, 1.82) is 0 Å². The molecule has 304 valence electrons. The average Bonchev–Trinajstić information content (AvgIpc) is 3.90. The molecule has 0 spiro atoms. The third kappa shape index (κ3) is 10.2. The van der Waals surface area contributed by atoms with E-state index in [1.807, 2.05) is 0 Å². The maximum atomic E-state index is 15.8. The van der Waals surface area contributed by atoms with E-state index < -0.39 is 65.6 Å². The Balaban J connectivity index is 1.10. The van der Waals surface area contributed by atoms with Gasteiger partial charge in [-0.25, -0.2) is 8.78 Å². The minimum Gasteiger partial charge on any atom is -0.493 e. The lowest BCUT2D eigenvalue weighted by Crippen LogP contribution is -2.42. The summed E-state index contributed by atoms with van der Waals surface area (Å²) >= 11 is 1.00. The fourth-order valence-corrected chi connectivity index (χ4v) is 6.99. The molecule has 2 aliphatic rings. The Kier molecular flexibility index (Phi) is 13.8. The van der Waals surface area contributed by atoms with Gasteiger partial charge in [-0.3, -0.25) is 38.5 Å². The quantitative estimate of drug-likeness (QED) is 0.0724. The van der Waals surface area contributed by atoms with Crippen molar-refractivity contribution in [3.05, 3.63) is 58.0 Å². The summed E-state index contributed by atoms with van der Waals surface area (Å²) in [7, 11) is 2.66. The Labute approximate surface area is 328 Å². The zero-order valence-electron chi connectivity index (χ0n) is 31.1. The SMILES string of the molecule is COc1cc2c(c(F)c1OCCCOc1c(OC)cc3sc(C(=O)CCC(=O)O[C@H](C)CNC(=O)CN4C(=O)C=CC4=O)cc3c1F)CN(C(=O)CCC(=O)O)C2. The largest absolute Gasteiger partial charge is 0.493 e. The highest BCUT2D eigenvalue weighted by Crippen LogP contribution is 2.41. The zero-order valence-corrected chi connectivity index (χ0v) is 32.0. The van der Waals surface area contributed by atoms with Gasteiger partial charge in [-0.15, -0.1) is 11.3 Å². The highest BCUT2D eigenvalue weighted by Gasteiger charge is 2.31. The van der Waals surface area contributed by atoms with Gasteiger partial charge in [0.15, 0.2) is 40.4 Å². The minimum absolute atomic E-state index is 0.0512. The van der Waals surface area contributed by atoms with Crippen molar-refractivity contribution in [3.63, 3.8) is 0 Å². The van der Waals surface area contributed by atoms with Crippen LogP contribution in [0.4, 0.5) is 8.78 Å². The average molecular weight is 816 g/mol. The number of halogens is 2. The number of Topliss-reactive ketones (excluding diaryl/α,β-unsaturated/α-hetero) is 1. The third-order valence-corrected chi connectivity index (χ3v) is 9.98. The molecule has 0 saturated heterocycles. The maximum absolute atomic E-state index is 15.8. The molecule has 0 radical (unpaired) electrons. The second kappa shape index (κ2) is 18.7. The number of rotatable bonds is 20. The number of hydrogen-bond acceptors (Lipinski definition) is 13. The van der Waals surface area contributed by atoms with Crippen LogP contribution >= 0.6 is 11.3 Å². The van der Waals surface area contributed by atoms with Crippen LogP contribution in [0.25, 0.3) is 10.1 Å². The van der Waals surface area contributed by atoms with Gasteiger partial charge in [-0.05, 0) is 24.6 Å². The Morgan fingerprint density at radius 3 is 2.18 bits per heavy atom. The first-order chi connectivity index (χ1) is 27.2. The Bertz CT molecular complexity index is 2120. The Morgan fingerprint density at radius 2 is 1.53 bits per heavy atom. The predicted molar refractivity (Wildman–Crippen MR) is 196 cm³/mol. The fraction of sp³-hybridized carbons (Fsp3) is 0.395. The van der Waals surface area contributed by atoms with Gasteiger partial charge >= 0.3 is 11.9 Å². The van der Waals surface area contributed by atoms with Crippen LogP contribution in [0.2, 0.25) is 0 Å². The molecule has 0 aliphatic carbocycles. The van der Waals surface area contributed by atoms with Gasteiger partial charge in [0.05, 0.1) is 51.7 Å². The number of carboxylic acids is 1. The number of hydrogen-bond donors (Lipinski definition) is 2. The number of carbonyl (C=O) groups excluding carboxylic acids is 6. The highest BCUT2D eigenvalue weighted by molar-refractivity contribution is 7.20. The van der Waals surface area contributed by atoms with Crippen LogP contribution in [0.15, 0.2) is 30.4 Å². The highest BCUT2D eigenvalue weighted by atomic mass is 32.1. The van der Waals surface area contributed by atoms with E-state index in [0.717, 1.165) is 28.4 Å². The Morgan fingerprint density at radius 1 is 0.877 bits per heavy atom. The number of aliphatic carboxylic acids is 1. The molecule has 2 aliphatic heterocycles. The number of benzene rings is 2. The lowest BCUT2D eigenvalue weighted by Gasteiger charge is -2.16. The summed E-state index contributed by atoms with van der Waals surface area (Å²) in [6.07, 6.45) is 0.433. The molecule has 4 amide bonds. The summed E-state index contributed by atoms with van der Waals surface area (Å²) in [5, 5.41) is 11.4. The van der Waals surface area contributed by atoms with E-state index in [0.29, 0.717) is 10.3 Å². The van der Waals surface area contributed by atoms with Gasteiger partial charge in [-0.2, -0.15) is 0 Å². The number of ether oxygens (including phenoxy) is 5. The number of nitrogens with one attached hydrogen (secondary N) is 1. The number of esters is 1. The summed E-state index contributed by atoms with van der Waals surface area (Å²) in [5.41, 5.74) is 0.751. The van der Waals surface area contributed by atoms with Gasteiger partial charge in [0, 0.05) is 66.2 Å². The maximum Gasteiger partial charge on any atom is 0.306 e. The lowest BCUT2D eigenvalue weighted by atomic mass is 10.1. The molecule has 1 atom stereocenters. The molecular formula is C38H39F2N3O13S. The number of thiophene rings is 1. The van der Waals surface area contributed by atoms with Crippen LogP contribution in [0.1, 0.15) is 59.8 Å². The normalized spacial score (nSPS) is 13.8. The van der Waals surface area contributed by atoms with Gasteiger partial charge in [0.25, 0.3) is 11.8 Å². The molecule has 57 heavy (non-hydrogen) atoms. The molecule has 0 fully saturated rings. The number of nitrogens with zero attached hydrogens (tertiary/aromatic N) is 2. The van der Waals surface area contributed by atoms with E-state index in [9.17, 15) is 33.6 Å². The van der Waals surface area contributed by atoms with Crippen LogP contribution < -0.4 is 24.3 Å². The smallest absolute Gasteiger partial charge is 0.306 e. The van der Waals surface area contributed by atoms with E-state index in [1.54, 1.807) is 6.07 Å². The van der Waals surface area contributed by atoms with Crippen molar-refractivity contribution < 1.29 is 71.1 Å². The van der Waals surface area contributed by atoms with Crippen molar-refractivity contribution in [2.45, 2.75) is 58.2 Å². The standard InChI is InChI=1S/C38H39F2N3O13S/c1-20(16-41-29(45)19-43-31(47)6-7-32(43)48)56-34(51)10-5-24(44)28-14-22-27(57-28)15-26(53-3)38(35(22)39)55-12-4-11-54-37-25(52-2)13-21-17-42(18-23(21)36(37)40)30(46)8-9-33(49)50/h6-7,13-15,20H,4-5,8-12,16-19H2,1-3H3,(H,41,45)(H,49,50)/t20-/m1/s1. The molecule has 2 N–H and O–H groups in total. The van der Waals surface area contributed by atoms with Crippen LogP contribution in [0.5, 0.6) is 23.0 Å². The molecule has 5 rings (SSSR count). The van der Waals surface area contributed by atoms with Gasteiger partial charge in [-0.1, -0.05) is 0 Å². The molecular weight excluding hydrogens is 776 g/mol. The summed E-state index contributed by atoms with van der Waals surface area (Å²) in [6.45, 7) is 0.851. The summed E-state index contributed by atoms with van der Waals surface area (Å²) in [6, 6.07) is 4.43. The molecule has 1 aromatic heterocycles. The predicted octanol–water partition coefficient (Wildman–Crippen LogP) is 3.69. The Hall–Kier alpha value is -6.11. The van der Waals surface area contributed by atoms with E-state index >= 15 is 8.78 Å². The first-order valence-corrected chi connectivity index (χ1v) is 18.5. The first-order valence-electron chi connectivity index (χ1n) is 17.7. The number of imide groups is 1. The fourth-order valence-electron chi connectivity index (χ4n) is 5.93. The van der Waals surface area contributed by atoms with Crippen molar-refractivity contribution in [2.75, 3.05) is 40.5 Å². The summed E-state index contributed by atoms with van der Waals surface area (Å²) < 4.78 is 59.0. The van der Waals surface area contributed by atoms with Gasteiger partial charge in [0.2, 0.25) is 11.8 Å². The molecule has 0 bridgehead atoms. The number of fused-ring (bicyclic) bond motifs is 2. The van der Waals surface area contributed by atoms with E-state index in [1.165, 1.54) is 38.2 Å². The number of amides is 4. The molecule has 2 aromatic carbocycles. The van der Waals surface area contributed by atoms with Gasteiger partial charge < -0.3 is 39.0 Å². The van der Waals surface area contributed by atoms with Crippen LogP contribution in [0, 0.1) is 11.6 Å². The monoisotopic (exact) mass is 815 g/mol. The van der Waals surface area contributed by atoms with Crippen LogP contribution in [-0.2, 0) is 46.6 Å². The minimum atomic E-state index is -1.11. The summed E-state index contributed by atoms with van der Waals surface area (Å²) in [4.78, 5) is 86.3. The van der Waals surface area contributed by atoms with E-state index in [-0.39, 0.29) is 104 Å². The zero-order chi connectivity index (χ0) is 41.4. The third-order valence-electron chi connectivity index (χ3n) is 8.85. The van der Waals surface area contributed by atoms with E-state index in [2.05, 4.69) is 5.32 Å². The molecule has 0 saturated carbocycles. The number of ketones is 1. The van der Waals surface area contributed by atoms with Crippen LogP contribution in [-0.4, -0.2) is 103 Å². The lowest BCUT2D eigenvalue weighted by molar-refractivity contribution is -0.148. The molecule has 0 unspecified atom stereocenters. The number of methoxy groups -OCH3 is 2. The molecule has 16 nitrogen and oxygen atoms in total. The first kappa shape index (κ1) is 42.0. The van der Waals surface area contributed by atoms with Crippen molar-refractivity contribution in [1.82, 2.24) is 15.1 Å². The van der Waals surface area contributed by atoms with Gasteiger partial charge in [0.1, 0.15) is 12.6 Å². The topological polar surface area (TPSA) is 204 Å². The summed E-state index contributed by atoms with van der Waals surface area (Å²) in [5.74, 6) is -6.22. The van der Waals surface area contributed by atoms with Crippen LogP contribution in [0.3, 0.4) is 0 Å². The number of carboxylic acid groups (broad SMARTS) is 1. The molecule has 3 heterocycles. The molecule has 19 heteroatoms. The second-order valence-corrected chi connectivity index (χ2v) is 14.0. The van der Waals surface area contributed by atoms with E-state index in [4.69, 9.17) is 28.8 Å². The van der Waals surface area contributed by atoms with Crippen molar-refractivity contribution >= 4 is 62.8 Å². The second-order valence-electron chi connectivity index (χ2n) is 12.9. The van der Waals surface area contributed by atoms with Crippen molar-refractivity contribution in [2.24, 2.45) is 0 Å². The number of carbonyl (C=O) groups is 7.